The average molecular weight is 884 g/mol. The molecular weight excluding hydrogens is 777 g/mol. The molecule has 0 radical (unpaired) electrons. The molecule has 0 amide bonds. The SMILES string of the molecule is CCCCCCCCC(CC)OC.CCCCCCCCC(CCCCCCCC)OC(=O)CCCCCCCN(CCCCCCCC=O)CCCNSCC1(C)COC1. The first-order valence-electron chi connectivity index (χ1n) is 26.7. The van der Waals surface area contributed by atoms with Gasteiger partial charge >= 0.3 is 5.97 Å². The zero-order valence-corrected chi connectivity index (χ0v) is 42.6. The molecule has 364 valence electrons. The number of methoxy groups -OCH3 is 1. The van der Waals surface area contributed by atoms with Crippen molar-refractivity contribution in [2.24, 2.45) is 5.41 Å². The lowest BCUT2D eigenvalue weighted by Crippen LogP contribution is -2.42. The Morgan fingerprint density at radius 1 is 0.623 bits per heavy atom. The largest absolute Gasteiger partial charge is 0.462 e. The van der Waals surface area contributed by atoms with Gasteiger partial charge in [-0.15, -0.1) is 0 Å². The molecule has 0 aromatic carbocycles. The second-order valence-corrected chi connectivity index (χ2v) is 19.8. The van der Waals surface area contributed by atoms with Gasteiger partial charge < -0.3 is 23.9 Å². The summed E-state index contributed by atoms with van der Waals surface area (Å²) in [6, 6.07) is 0. The van der Waals surface area contributed by atoms with Crippen LogP contribution < -0.4 is 4.72 Å². The fraction of sp³-hybridized carbons (Fsp3) is 0.962. The molecule has 0 aliphatic carbocycles. The van der Waals surface area contributed by atoms with Crippen molar-refractivity contribution in [3.8, 4) is 0 Å². The van der Waals surface area contributed by atoms with Gasteiger partial charge in [-0.2, -0.15) is 0 Å². The Balaban J connectivity index is 0.00000237. The van der Waals surface area contributed by atoms with Gasteiger partial charge in [0.05, 0.1) is 19.3 Å². The van der Waals surface area contributed by atoms with Gasteiger partial charge in [0.1, 0.15) is 12.4 Å². The summed E-state index contributed by atoms with van der Waals surface area (Å²) in [6.07, 6.45) is 44.2. The predicted molar refractivity (Wildman–Crippen MR) is 267 cm³/mol. The van der Waals surface area contributed by atoms with Crippen LogP contribution in [0.2, 0.25) is 0 Å². The summed E-state index contributed by atoms with van der Waals surface area (Å²) in [5.41, 5.74) is 0.360. The fourth-order valence-electron chi connectivity index (χ4n) is 8.22. The van der Waals surface area contributed by atoms with Gasteiger partial charge in [-0.3, -0.25) is 9.52 Å². The van der Waals surface area contributed by atoms with Crippen molar-refractivity contribution in [1.82, 2.24) is 9.62 Å². The standard InChI is InChI=1S/C41H80N2O4S.C12H26O/c1-4-6-8-10-15-21-28-39(29-22-16-11-9-7-5-2)47-40(45)30-23-17-14-19-25-33-43(32-24-18-12-13-20-26-35-44)34-27-31-42-48-38-41(3)36-46-37-41;1-4-6-7-8-9-10-11-12(5-2)13-3/h35,39,42H,4-34,36-38H2,1-3H3;12H,4-11H2,1-3H3. The third-order valence-corrected chi connectivity index (χ3v) is 13.8. The van der Waals surface area contributed by atoms with Crippen molar-refractivity contribution >= 4 is 24.2 Å². The molecule has 1 aliphatic heterocycles. The molecule has 1 N–H and O–H groups in total. The topological polar surface area (TPSA) is 77.1 Å². The number of unbranched alkanes of at least 4 members (excludes halogenated alkanes) is 24. The Bertz CT molecular complexity index is 886. The van der Waals surface area contributed by atoms with Crippen LogP contribution in [0.15, 0.2) is 0 Å². The number of ether oxygens (including phenoxy) is 3. The smallest absolute Gasteiger partial charge is 0.306 e. The van der Waals surface area contributed by atoms with Gasteiger partial charge in [0.2, 0.25) is 0 Å². The lowest BCUT2D eigenvalue weighted by atomic mass is 9.92. The number of carbonyl (C=O) groups is 2. The molecule has 1 fully saturated rings. The molecule has 1 atom stereocenters. The lowest BCUT2D eigenvalue weighted by molar-refractivity contribution is -0.150. The summed E-state index contributed by atoms with van der Waals surface area (Å²) < 4.78 is 20.3. The normalized spacial score (nSPS) is 13.9. The van der Waals surface area contributed by atoms with Crippen molar-refractivity contribution in [3.05, 3.63) is 0 Å². The maximum Gasteiger partial charge on any atom is 0.306 e. The maximum absolute atomic E-state index is 12.8. The highest BCUT2D eigenvalue weighted by Gasteiger charge is 2.33. The molecular formula is C53H106N2O5S. The van der Waals surface area contributed by atoms with Gasteiger partial charge in [0, 0.05) is 37.7 Å². The molecule has 7 nitrogen and oxygen atoms in total. The highest BCUT2D eigenvalue weighted by atomic mass is 32.2. The van der Waals surface area contributed by atoms with Crippen molar-refractivity contribution in [2.45, 2.75) is 272 Å². The van der Waals surface area contributed by atoms with Crippen LogP contribution in [-0.4, -0.2) is 81.6 Å². The van der Waals surface area contributed by atoms with Gasteiger partial charge in [0.25, 0.3) is 0 Å². The summed E-state index contributed by atoms with van der Waals surface area (Å²) >= 11 is 1.86. The number of hydrogen-bond donors (Lipinski definition) is 1. The van der Waals surface area contributed by atoms with E-state index in [1.54, 1.807) is 0 Å². The zero-order valence-electron chi connectivity index (χ0n) is 41.8. The van der Waals surface area contributed by atoms with E-state index < -0.39 is 0 Å². The van der Waals surface area contributed by atoms with E-state index in [0.717, 1.165) is 76.9 Å². The van der Waals surface area contributed by atoms with Crippen molar-refractivity contribution in [3.63, 3.8) is 0 Å². The number of esters is 1. The van der Waals surface area contributed by atoms with Crippen molar-refractivity contribution in [1.29, 1.82) is 0 Å². The molecule has 1 heterocycles. The van der Waals surface area contributed by atoms with E-state index in [1.807, 2.05) is 19.1 Å². The van der Waals surface area contributed by atoms with Gasteiger partial charge in [-0.05, 0) is 90.3 Å². The van der Waals surface area contributed by atoms with E-state index >= 15 is 0 Å². The first-order chi connectivity index (χ1) is 29.9. The van der Waals surface area contributed by atoms with Gasteiger partial charge in [0.15, 0.2) is 0 Å². The number of carbonyl (C=O) groups excluding carboxylic acids is 2. The summed E-state index contributed by atoms with van der Waals surface area (Å²) in [4.78, 5) is 26.0. The number of nitrogens with zero attached hydrogens (tertiary/aromatic N) is 1. The van der Waals surface area contributed by atoms with Crippen LogP contribution in [0.3, 0.4) is 0 Å². The number of hydrogen-bond acceptors (Lipinski definition) is 8. The Labute approximate surface area is 385 Å². The molecule has 8 heteroatoms. The lowest BCUT2D eigenvalue weighted by Gasteiger charge is -2.37. The molecule has 1 aliphatic rings. The van der Waals surface area contributed by atoms with Crippen LogP contribution in [0.4, 0.5) is 0 Å². The number of aldehydes is 1. The summed E-state index contributed by atoms with van der Waals surface area (Å²) in [7, 11) is 1.82. The van der Waals surface area contributed by atoms with Crippen molar-refractivity contribution in [2.75, 3.05) is 52.3 Å². The van der Waals surface area contributed by atoms with Crippen LogP contribution >= 0.6 is 11.9 Å². The first kappa shape index (κ1) is 60.3. The second-order valence-electron chi connectivity index (χ2n) is 19.0. The van der Waals surface area contributed by atoms with E-state index in [-0.39, 0.29) is 12.1 Å². The Kier molecular flexibility index (Phi) is 46.8. The molecule has 0 aromatic heterocycles. The maximum atomic E-state index is 12.8. The first-order valence-corrected chi connectivity index (χ1v) is 27.7. The Morgan fingerprint density at radius 2 is 1.07 bits per heavy atom. The van der Waals surface area contributed by atoms with Crippen molar-refractivity contribution < 1.29 is 23.8 Å². The second kappa shape index (κ2) is 47.3. The molecule has 0 saturated carbocycles. The summed E-state index contributed by atoms with van der Waals surface area (Å²) in [5.74, 6) is 1.16. The third-order valence-electron chi connectivity index (χ3n) is 12.6. The van der Waals surface area contributed by atoms with E-state index in [4.69, 9.17) is 14.2 Å². The molecule has 0 spiro atoms. The molecule has 0 bridgehead atoms. The van der Waals surface area contributed by atoms with Gasteiger partial charge in [-0.1, -0.05) is 188 Å². The van der Waals surface area contributed by atoms with E-state index in [1.165, 1.54) is 186 Å². The molecule has 0 aromatic rings. The molecule has 61 heavy (non-hydrogen) atoms. The monoisotopic (exact) mass is 883 g/mol. The quantitative estimate of drug-likeness (QED) is 0.0280. The van der Waals surface area contributed by atoms with Crippen LogP contribution in [0.1, 0.15) is 259 Å². The fourth-order valence-corrected chi connectivity index (χ4v) is 9.13. The highest BCUT2D eigenvalue weighted by molar-refractivity contribution is 7.97. The molecule has 1 rings (SSSR count). The van der Waals surface area contributed by atoms with Crippen LogP contribution in [-0.2, 0) is 23.8 Å². The Hall–Kier alpha value is -0.670. The highest BCUT2D eigenvalue weighted by Crippen LogP contribution is 2.29. The van der Waals surface area contributed by atoms with Crippen LogP contribution in [0.5, 0.6) is 0 Å². The summed E-state index contributed by atoms with van der Waals surface area (Å²) in [5, 5.41) is 0. The minimum Gasteiger partial charge on any atom is -0.462 e. The minimum atomic E-state index is 0.0381. The molecule has 1 saturated heterocycles. The number of nitrogens with one attached hydrogen (secondary N) is 1. The van der Waals surface area contributed by atoms with Gasteiger partial charge in [-0.25, -0.2) is 0 Å². The molecule has 1 unspecified atom stereocenters. The van der Waals surface area contributed by atoms with Crippen LogP contribution in [0, 0.1) is 5.41 Å². The Morgan fingerprint density at radius 3 is 1.52 bits per heavy atom. The summed E-state index contributed by atoms with van der Waals surface area (Å²) in [6.45, 7) is 17.7. The van der Waals surface area contributed by atoms with Crippen LogP contribution in [0.25, 0.3) is 0 Å². The number of rotatable bonds is 47. The minimum absolute atomic E-state index is 0.0381. The third kappa shape index (κ3) is 41.8. The zero-order chi connectivity index (χ0) is 44.8. The van der Waals surface area contributed by atoms with E-state index in [2.05, 4.69) is 44.2 Å². The average Bonchev–Trinajstić information content (AvgIpc) is 3.25. The predicted octanol–water partition coefficient (Wildman–Crippen LogP) is 15.4. The van der Waals surface area contributed by atoms with E-state index in [0.29, 0.717) is 24.4 Å². The van der Waals surface area contributed by atoms with E-state index in [9.17, 15) is 9.59 Å².